The van der Waals surface area contributed by atoms with Crippen molar-refractivity contribution >= 4 is 35.0 Å². The second-order valence-electron chi connectivity index (χ2n) is 5.46. The zero-order valence-corrected chi connectivity index (χ0v) is 14.4. The molecule has 1 aromatic carbocycles. The monoisotopic (exact) mass is 327 g/mol. The van der Waals surface area contributed by atoms with Crippen molar-refractivity contribution in [3.05, 3.63) is 17.2 Å². The van der Waals surface area contributed by atoms with Gasteiger partial charge in [-0.1, -0.05) is 38.3 Å². The van der Waals surface area contributed by atoms with Crippen LogP contribution < -0.4 is 10.1 Å². The van der Waals surface area contributed by atoms with E-state index in [1.807, 2.05) is 6.07 Å². The Balaban J connectivity index is 2.32. The van der Waals surface area contributed by atoms with Crippen molar-refractivity contribution in [3.8, 4) is 5.75 Å². The number of carbonyl (C=O) groups is 1. The third-order valence-corrected chi connectivity index (χ3v) is 5.81. The highest BCUT2D eigenvalue weighted by Crippen LogP contribution is 2.45. The number of methoxy groups -OCH3 is 1. The van der Waals surface area contributed by atoms with Crippen molar-refractivity contribution in [2.75, 3.05) is 18.2 Å². The van der Waals surface area contributed by atoms with Crippen LogP contribution in [0.3, 0.4) is 0 Å². The van der Waals surface area contributed by atoms with Crippen LogP contribution in [0.2, 0.25) is 5.02 Å². The molecule has 0 aliphatic carbocycles. The summed E-state index contributed by atoms with van der Waals surface area (Å²) >= 11 is 7.88. The zero-order valence-electron chi connectivity index (χ0n) is 12.8. The molecule has 21 heavy (non-hydrogen) atoms. The maximum Gasteiger partial charge on any atom is 0.231 e. The third-order valence-electron chi connectivity index (χ3n) is 4.17. The molecule has 1 heterocycles. The number of amides is 1. The predicted octanol–water partition coefficient (Wildman–Crippen LogP) is 4.98. The quantitative estimate of drug-likeness (QED) is 0.828. The number of anilines is 1. The van der Waals surface area contributed by atoms with Crippen molar-refractivity contribution < 1.29 is 9.53 Å². The van der Waals surface area contributed by atoms with Crippen LogP contribution in [0, 0.1) is 5.41 Å². The largest absolute Gasteiger partial charge is 0.495 e. The number of carbonyl (C=O) groups excluding carboxylic acids is 1. The summed E-state index contributed by atoms with van der Waals surface area (Å²) in [5, 5.41) is 3.59. The first-order valence-corrected chi connectivity index (χ1v) is 8.74. The van der Waals surface area contributed by atoms with Crippen LogP contribution in [0.1, 0.15) is 39.5 Å². The van der Waals surface area contributed by atoms with E-state index in [9.17, 15) is 4.79 Å². The summed E-state index contributed by atoms with van der Waals surface area (Å²) in [6.07, 6.45) is 3.96. The lowest BCUT2D eigenvalue weighted by Gasteiger charge is -2.28. The molecule has 0 fully saturated rings. The molecule has 0 bridgehead atoms. The van der Waals surface area contributed by atoms with Gasteiger partial charge in [0.15, 0.2) is 0 Å². The molecule has 5 heteroatoms. The third kappa shape index (κ3) is 3.32. The molecule has 116 valence electrons. The van der Waals surface area contributed by atoms with E-state index in [2.05, 4.69) is 19.2 Å². The maximum absolute atomic E-state index is 12.7. The molecule has 1 aromatic rings. The average molecular weight is 328 g/mol. The van der Waals surface area contributed by atoms with Gasteiger partial charge in [-0.15, -0.1) is 11.8 Å². The van der Waals surface area contributed by atoms with Gasteiger partial charge in [0, 0.05) is 10.6 Å². The predicted molar refractivity (Wildman–Crippen MR) is 89.6 cm³/mol. The van der Waals surface area contributed by atoms with Crippen LogP contribution in [0.4, 0.5) is 5.69 Å². The van der Waals surface area contributed by atoms with Gasteiger partial charge in [-0.2, -0.15) is 0 Å². The highest BCUT2D eigenvalue weighted by molar-refractivity contribution is 7.99. The molecule has 0 spiro atoms. The summed E-state index contributed by atoms with van der Waals surface area (Å²) in [6.45, 7) is 4.25. The number of rotatable bonds is 5. The van der Waals surface area contributed by atoms with Crippen LogP contribution in [-0.2, 0) is 4.79 Å². The molecule has 0 saturated heterocycles. The normalized spacial score (nSPS) is 21.4. The van der Waals surface area contributed by atoms with E-state index in [1.165, 1.54) is 0 Å². The number of halogens is 1. The Morgan fingerprint density at radius 2 is 2.19 bits per heavy atom. The summed E-state index contributed by atoms with van der Waals surface area (Å²) in [7, 11) is 1.60. The number of benzene rings is 1. The van der Waals surface area contributed by atoms with Gasteiger partial charge in [0.05, 0.1) is 23.2 Å². The first kappa shape index (κ1) is 16.5. The van der Waals surface area contributed by atoms with E-state index in [4.69, 9.17) is 16.3 Å². The van der Waals surface area contributed by atoms with E-state index >= 15 is 0 Å². The van der Waals surface area contributed by atoms with Crippen molar-refractivity contribution in [2.45, 2.75) is 44.4 Å². The minimum atomic E-state index is -0.292. The van der Waals surface area contributed by atoms with E-state index < -0.39 is 0 Å². The Hall–Kier alpha value is -0.870. The summed E-state index contributed by atoms with van der Waals surface area (Å²) in [4.78, 5) is 13.7. The highest BCUT2D eigenvalue weighted by atomic mass is 35.5. The van der Waals surface area contributed by atoms with Crippen molar-refractivity contribution in [1.82, 2.24) is 0 Å². The fourth-order valence-electron chi connectivity index (χ4n) is 2.58. The molecule has 0 aromatic heterocycles. The van der Waals surface area contributed by atoms with Crippen molar-refractivity contribution in [1.29, 1.82) is 0 Å². The lowest BCUT2D eigenvalue weighted by atomic mass is 9.81. The Bertz CT molecular complexity index is 535. The number of hydrogen-bond donors (Lipinski definition) is 1. The van der Waals surface area contributed by atoms with Gasteiger partial charge in [-0.25, -0.2) is 0 Å². The Morgan fingerprint density at radius 3 is 2.81 bits per heavy atom. The van der Waals surface area contributed by atoms with E-state index in [0.29, 0.717) is 10.8 Å². The zero-order chi connectivity index (χ0) is 15.5. The number of nitrogens with one attached hydrogen (secondary N) is 1. The average Bonchev–Trinajstić information content (AvgIpc) is 2.61. The van der Waals surface area contributed by atoms with Crippen molar-refractivity contribution in [2.24, 2.45) is 5.41 Å². The van der Waals surface area contributed by atoms with Gasteiger partial charge in [-0.3, -0.25) is 4.79 Å². The van der Waals surface area contributed by atoms with E-state index in [-0.39, 0.29) is 11.3 Å². The molecule has 0 radical (unpaired) electrons. The fraction of sp³-hybridized carbons (Fsp3) is 0.562. The van der Waals surface area contributed by atoms with Gasteiger partial charge in [0.2, 0.25) is 5.91 Å². The number of hydrogen-bond acceptors (Lipinski definition) is 3. The van der Waals surface area contributed by atoms with Gasteiger partial charge in [-0.05, 0) is 25.0 Å². The molecule has 1 unspecified atom stereocenters. The topological polar surface area (TPSA) is 38.3 Å². The molecule has 1 N–H and O–H groups in total. The smallest absolute Gasteiger partial charge is 0.231 e. The van der Waals surface area contributed by atoms with E-state index in [1.54, 1.807) is 24.9 Å². The first-order valence-electron chi connectivity index (χ1n) is 7.38. The van der Waals surface area contributed by atoms with Gasteiger partial charge < -0.3 is 10.1 Å². The second kappa shape index (κ2) is 6.93. The fourth-order valence-corrected chi connectivity index (χ4v) is 4.19. The summed E-state index contributed by atoms with van der Waals surface area (Å²) in [5.41, 5.74) is 0.502. The first-order chi connectivity index (χ1) is 10.1. The van der Waals surface area contributed by atoms with Gasteiger partial charge in [0.1, 0.15) is 5.75 Å². The molecule has 2 rings (SSSR count). The number of ether oxygens (including phenoxy) is 1. The summed E-state index contributed by atoms with van der Waals surface area (Å²) in [5.74, 6) is 1.56. The second-order valence-corrected chi connectivity index (χ2v) is 6.89. The number of unbranched alkanes of at least 4 members (excludes halogenated alkanes) is 1. The molecule has 0 saturated carbocycles. The number of fused-ring (bicyclic) bond motifs is 1. The number of thioether (sulfide) groups is 1. The molecule has 1 aliphatic heterocycles. The standard InChI is InChI=1S/C16H22ClNO2S/c1-4-6-7-16(5-2)10-21-14-9-13(20-3)11(17)8-12(14)18-15(16)19/h8-9H,4-7,10H2,1-3H3,(H,18,19). The lowest BCUT2D eigenvalue weighted by molar-refractivity contribution is -0.125. The minimum Gasteiger partial charge on any atom is -0.495 e. The van der Waals surface area contributed by atoms with Gasteiger partial charge >= 0.3 is 0 Å². The summed E-state index contributed by atoms with van der Waals surface area (Å²) in [6, 6.07) is 3.69. The molecule has 1 atom stereocenters. The molecular formula is C16H22ClNO2S. The van der Waals surface area contributed by atoms with Crippen LogP contribution in [0.25, 0.3) is 0 Å². The highest BCUT2D eigenvalue weighted by Gasteiger charge is 2.38. The van der Waals surface area contributed by atoms with E-state index in [0.717, 1.165) is 42.0 Å². The van der Waals surface area contributed by atoms with Crippen LogP contribution in [0.5, 0.6) is 5.75 Å². The Morgan fingerprint density at radius 1 is 1.43 bits per heavy atom. The minimum absolute atomic E-state index is 0.117. The van der Waals surface area contributed by atoms with Crippen molar-refractivity contribution in [3.63, 3.8) is 0 Å². The van der Waals surface area contributed by atoms with Gasteiger partial charge in [0.25, 0.3) is 0 Å². The SMILES string of the molecule is CCCCC1(CC)CSc2cc(OC)c(Cl)cc2NC1=O. The molecule has 1 amide bonds. The molecular weight excluding hydrogens is 306 g/mol. The van der Waals surface area contributed by atoms with Crippen LogP contribution in [0.15, 0.2) is 17.0 Å². The molecule has 1 aliphatic rings. The van der Waals surface area contributed by atoms with Crippen LogP contribution >= 0.6 is 23.4 Å². The Labute approximate surface area is 135 Å². The Kier molecular flexibility index (Phi) is 5.44. The molecule has 3 nitrogen and oxygen atoms in total. The van der Waals surface area contributed by atoms with Crippen LogP contribution in [-0.4, -0.2) is 18.8 Å². The summed E-state index contributed by atoms with van der Waals surface area (Å²) < 4.78 is 5.26. The lowest BCUT2D eigenvalue weighted by Crippen LogP contribution is -2.37. The maximum atomic E-state index is 12.7.